The summed E-state index contributed by atoms with van der Waals surface area (Å²) in [7, 11) is 0. The molecule has 1 atom stereocenters. The lowest BCUT2D eigenvalue weighted by Gasteiger charge is -2.33. The van der Waals surface area contributed by atoms with Crippen molar-refractivity contribution < 1.29 is 9.59 Å². The van der Waals surface area contributed by atoms with Gasteiger partial charge in [0.2, 0.25) is 5.91 Å². The first-order valence-corrected chi connectivity index (χ1v) is 11.2. The number of carbonyl (C=O) groups is 2. The molecule has 0 spiro atoms. The summed E-state index contributed by atoms with van der Waals surface area (Å²) in [6.07, 6.45) is 3.81. The molecule has 0 saturated carbocycles. The Balaban J connectivity index is 1.49. The zero-order chi connectivity index (χ0) is 21.8. The summed E-state index contributed by atoms with van der Waals surface area (Å²) in [5.74, 6) is 0.696. The molecule has 162 valence electrons. The number of hydrogen-bond acceptors (Lipinski definition) is 3. The molecule has 2 amide bonds. The molecule has 1 aliphatic heterocycles. The number of likely N-dealkylation sites (tertiary alicyclic amines) is 1. The van der Waals surface area contributed by atoms with E-state index in [0.717, 1.165) is 36.2 Å². The predicted octanol–water partition coefficient (Wildman–Crippen LogP) is 4.06. The summed E-state index contributed by atoms with van der Waals surface area (Å²) in [5, 5.41) is 3.34. The number of benzene rings is 2. The van der Waals surface area contributed by atoms with Gasteiger partial charge in [-0.05, 0) is 50.5 Å². The minimum Gasteiger partial charge on any atom is -0.352 e. The van der Waals surface area contributed by atoms with Crippen molar-refractivity contribution >= 4 is 34.4 Å². The summed E-state index contributed by atoms with van der Waals surface area (Å²) >= 11 is 6.12. The third kappa shape index (κ3) is 4.74. The topological polar surface area (TPSA) is 67.2 Å². The molecule has 1 unspecified atom stereocenters. The average molecular weight is 439 g/mol. The van der Waals surface area contributed by atoms with Gasteiger partial charge < -0.3 is 14.8 Å². The zero-order valence-corrected chi connectivity index (χ0v) is 18.4. The van der Waals surface area contributed by atoms with Gasteiger partial charge in [-0.2, -0.15) is 0 Å². The fraction of sp³-hybridized carbons (Fsp3) is 0.375. The molecular weight excluding hydrogens is 412 g/mol. The molecule has 2 heterocycles. The van der Waals surface area contributed by atoms with E-state index in [4.69, 9.17) is 16.6 Å². The van der Waals surface area contributed by atoms with Crippen molar-refractivity contribution in [3.8, 4) is 0 Å². The van der Waals surface area contributed by atoms with Crippen LogP contribution in [-0.2, 0) is 17.8 Å². The lowest BCUT2D eigenvalue weighted by atomic mass is 10.0. The van der Waals surface area contributed by atoms with Crippen molar-refractivity contribution in [3.63, 3.8) is 0 Å². The fourth-order valence-corrected chi connectivity index (χ4v) is 4.44. The second kappa shape index (κ2) is 9.52. The molecule has 2 aromatic carbocycles. The number of halogens is 1. The van der Waals surface area contributed by atoms with E-state index in [2.05, 4.69) is 12.2 Å². The average Bonchev–Trinajstić information content (AvgIpc) is 3.11. The number of hydrogen-bond donors (Lipinski definition) is 1. The highest BCUT2D eigenvalue weighted by Gasteiger charge is 2.24. The number of fused-ring (bicyclic) bond motifs is 1. The smallest absolute Gasteiger partial charge is 0.252 e. The van der Waals surface area contributed by atoms with Crippen LogP contribution in [0.2, 0.25) is 5.02 Å². The Hall–Kier alpha value is -2.86. The van der Waals surface area contributed by atoms with Gasteiger partial charge in [-0.25, -0.2) is 4.98 Å². The number of rotatable bonds is 6. The number of nitrogens with one attached hydrogen (secondary N) is 1. The Morgan fingerprint density at radius 2 is 1.90 bits per heavy atom. The second-order valence-corrected chi connectivity index (χ2v) is 8.43. The fourth-order valence-electron chi connectivity index (χ4n) is 4.22. The Kier molecular flexibility index (Phi) is 6.56. The lowest BCUT2D eigenvalue weighted by molar-refractivity contribution is -0.135. The van der Waals surface area contributed by atoms with E-state index in [0.29, 0.717) is 23.6 Å². The largest absolute Gasteiger partial charge is 0.352 e. The van der Waals surface area contributed by atoms with Gasteiger partial charge in [0.15, 0.2) is 0 Å². The molecule has 31 heavy (non-hydrogen) atoms. The van der Waals surface area contributed by atoms with Gasteiger partial charge in [0, 0.05) is 25.6 Å². The molecule has 1 aliphatic rings. The minimum atomic E-state index is -0.216. The van der Waals surface area contributed by atoms with Gasteiger partial charge in [0.25, 0.3) is 5.91 Å². The van der Waals surface area contributed by atoms with Gasteiger partial charge in [0.05, 0.1) is 21.6 Å². The van der Waals surface area contributed by atoms with Gasteiger partial charge in [-0.3, -0.25) is 9.59 Å². The van der Waals surface area contributed by atoms with Crippen LogP contribution in [0.15, 0.2) is 48.5 Å². The molecule has 1 aromatic heterocycles. The number of amides is 2. The number of carbonyl (C=O) groups excluding carboxylic acids is 2. The number of para-hydroxylation sites is 2. The van der Waals surface area contributed by atoms with E-state index in [1.54, 1.807) is 24.3 Å². The van der Waals surface area contributed by atoms with Gasteiger partial charge in [-0.1, -0.05) is 35.9 Å². The molecule has 1 saturated heterocycles. The molecule has 7 heteroatoms. The van der Waals surface area contributed by atoms with Gasteiger partial charge >= 0.3 is 0 Å². The molecule has 6 nitrogen and oxygen atoms in total. The Morgan fingerprint density at radius 1 is 1.13 bits per heavy atom. The number of imidazole rings is 1. The first-order valence-electron chi connectivity index (χ1n) is 10.8. The summed E-state index contributed by atoms with van der Waals surface area (Å²) in [6, 6.07) is 15.1. The number of piperidine rings is 1. The maximum absolute atomic E-state index is 13.1. The van der Waals surface area contributed by atoms with Crippen molar-refractivity contribution in [2.45, 2.75) is 45.2 Å². The summed E-state index contributed by atoms with van der Waals surface area (Å²) in [4.78, 5) is 32.2. The first-order chi connectivity index (χ1) is 15.0. The highest BCUT2D eigenvalue weighted by Crippen LogP contribution is 2.20. The molecule has 0 aliphatic carbocycles. The highest BCUT2D eigenvalue weighted by molar-refractivity contribution is 6.33. The number of nitrogens with zero attached hydrogens (tertiary/aromatic N) is 3. The maximum Gasteiger partial charge on any atom is 0.252 e. The van der Waals surface area contributed by atoms with Crippen LogP contribution in [0, 0.1) is 0 Å². The summed E-state index contributed by atoms with van der Waals surface area (Å²) < 4.78 is 1.99. The molecule has 0 radical (unpaired) electrons. The van der Waals surface area contributed by atoms with Crippen LogP contribution in [-0.4, -0.2) is 45.4 Å². The zero-order valence-electron chi connectivity index (χ0n) is 17.7. The summed E-state index contributed by atoms with van der Waals surface area (Å²) in [5.41, 5.74) is 2.24. The quantitative estimate of drug-likeness (QED) is 0.631. The van der Waals surface area contributed by atoms with Crippen molar-refractivity contribution in [3.05, 3.63) is 64.9 Å². The van der Waals surface area contributed by atoms with E-state index < -0.39 is 0 Å². The Morgan fingerprint density at radius 3 is 2.71 bits per heavy atom. The van der Waals surface area contributed by atoms with Crippen molar-refractivity contribution in [2.75, 3.05) is 13.1 Å². The van der Waals surface area contributed by atoms with Crippen LogP contribution in [0.1, 0.15) is 42.4 Å². The SMILES string of the molecule is CC1CCCCN1C(=O)Cn1c(CCNC(=O)c2ccccc2Cl)nc2ccccc21. The normalized spacial score (nSPS) is 16.5. The Bertz CT molecular complexity index is 1090. The van der Waals surface area contributed by atoms with Crippen LogP contribution >= 0.6 is 11.6 Å². The minimum absolute atomic E-state index is 0.122. The molecule has 1 N–H and O–H groups in total. The van der Waals surface area contributed by atoms with Crippen LogP contribution in [0.5, 0.6) is 0 Å². The van der Waals surface area contributed by atoms with Crippen molar-refractivity contribution in [2.24, 2.45) is 0 Å². The molecular formula is C24H27ClN4O2. The maximum atomic E-state index is 13.1. The lowest BCUT2D eigenvalue weighted by Crippen LogP contribution is -2.43. The third-order valence-corrected chi connectivity index (χ3v) is 6.23. The summed E-state index contributed by atoms with van der Waals surface area (Å²) in [6.45, 7) is 3.60. The molecule has 4 rings (SSSR count). The number of aromatic nitrogens is 2. The van der Waals surface area contributed by atoms with E-state index in [9.17, 15) is 9.59 Å². The standard InChI is InChI=1S/C24H27ClN4O2/c1-17-8-6-7-15-28(17)23(30)16-29-21-12-5-4-11-20(21)27-22(29)13-14-26-24(31)18-9-2-3-10-19(18)25/h2-5,9-12,17H,6-8,13-16H2,1H3,(H,26,31). The van der Waals surface area contributed by atoms with Crippen molar-refractivity contribution in [1.82, 2.24) is 19.8 Å². The van der Waals surface area contributed by atoms with E-state index in [1.165, 1.54) is 6.42 Å². The van der Waals surface area contributed by atoms with E-state index in [1.807, 2.05) is 33.7 Å². The third-order valence-electron chi connectivity index (χ3n) is 5.90. The predicted molar refractivity (Wildman–Crippen MR) is 122 cm³/mol. The molecule has 0 bridgehead atoms. The van der Waals surface area contributed by atoms with Crippen LogP contribution in [0.25, 0.3) is 11.0 Å². The second-order valence-electron chi connectivity index (χ2n) is 8.02. The highest BCUT2D eigenvalue weighted by atomic mass is 35.5. The molecule has 3 aromatic rings. The van der Waals surface area contributed by atoms with Crippen LogP contribution in [0.4, 0.5) is 0 Å². The van der Waals surface area contributed by atoms with Gasteiger partial charge in [-0.15, -0.1) is 0 Å². The Labute approximate surface area is 187 Å². The monoisotopic (exact) mass is 438 g/mol. The van der Waals surface area contributed by atoms with Crippen molar-refractivity contribution in [1.29, 1.82) is 0 Å². The van der Waals surface area contributed by atoms with E-state index in [-0.39, 0.29) is 24.4 Å². The van der Waals surface area contributed by atoms with Crippen LogP contribution < -0.4 is 5.32 Å². The first kappa shape index (κ1) is 21.4. The van der Waals surface area contributed by atoms with E-state index >= 15 is 0 Å². The van der Waals surface area contributed by atoms with Gasteiger partial charge in [0.1, 0.15) is 12.4 Å². The van der Waals surface area contributed by atoms with Crippen LogP contribution in [0.3, 0.4) is 0 Å². The molecule has 1 fully saturated rings.